The average molecular weight is 247 g/mol. The van der Waals surface area contributed by atoms with E-state index < -0.39 is 0 Å². The predicted octanol–water partition coefficient (Wildman–Crippen LogP) is 1.39. The zero-order chi connectivity index (χ0) is 13.1. The predicted molar refractivity (Wildman–Crippen MR) is 65.8 cm³/mol. The monoisotopic (exact) mass is 247 g/mol. The number of hydrogen-bond acceptors (Lipinski definition) is 4. The minimum atomic E-state index is -0.296. The summed E-state index contributed by atoms with van der Waals surface area (Å²) < 4.78 is 6.57. The molecule has 0 saturated heterocycles. The third-order valence-electron chi connectivity index (χ3n) is 2.42. The number of ether oxygens (including phenoxy) is 1. The van der Waals surface area contributed by atoms with Gasteiger partial charge >= 0.3 is 0 Å². The first-order valence-electron chi connectivity index (χ1n) is 5.28. The van der Waals surface area contributed by atoms with Crippen LogP contribution in [0.3, 0.4) is 0 Å². The Bertz CT molecular complexity index is 560. The van der Waals surface area contributed by atoms with Crippen LogP contribution < -0.4 is 10.1 Å². The SMILES string of the molecule is COc1cc(NC(=O)c2ccc(O)cc2)nn1C. The molecule has 0 atom stereocenters. The van der Waals surface area contributed by atoms with E-state index in [1.165, 1.54) is 36.1 Å². The zero-order valence-electron chi connectivity index (χ0n) is 10.0. The van der Waals surface area contributed by atoms with Gasteiger partial charge in [0.25, 0.3) is 5.91 Å². The molecule has 0 bridgehead atoms. The van der Waals surface area contributed by atoms with Gasteiger partial charge < -0.3 is 15.2 Å². The number of nitrogens with one attached hydrogen (secondary N) is 1. The highest BCUT2D eigenvalue weighted by molar-refractivity contribution is 6.03. The van der Waals surface area contributed by atoms with Gasteiger partial charge in [0.1, 0.15) is 5.75 Å². The number of aromatic nitrogens is 2. The van der Waals surface area contributed by atoms with Gasteiger partial charge in [-0.15, -0.1) is 0 Å². The molecule has 2 rings (SSSR count). The number of carbonyl (C=O) groups excluding carboxylic acids is 1. The van der Waals surface area contributed by atoms with Crippen LogP contribution in [0.25, 0.3) is 0 Å². The fourth-order valence-corrected chi connectivity index (χ4v) is 1.50. The summed E-state index contributed by atoms with van der Waals surface area (Å²) in [5, 5.41) is 15.9. The van der Waals surface area contributed by atoms with Crippen LogP contribution in [0.15, 0.2) is 30.3 Å². The maximum atomic E-state index is 11.9. The lowest BCUT2D eigenvalue weighted by atomic mass is 10.2. The normalized spacial score (nSPS) is 10.1. The Kier molecular flexibility index (Phi) is 3.18. The van der Waals surface area contributed by atoms with Crippen LogP contribution >= 0.6 is 0 Å². The van der Waals surface area contributed by atoms with Crippen LogP contribution in [0.5, 0.6) is 11.6 Å². The molecule has 0 aliphatic carbocycles. The number of nitrogens with zero attached hydrogens (tertiary/aromatic N) is 2. The number of phenols is 1. The fraction of sp³-hybridized carbons (Fsp3) is 0.167. The van der Waals surface area contributed by atoms with Crippen LogP contribution in [0, 0.1) is 0 Å². The molecule has 0 radical (unpaired) electrons. The molecule has 94 valence electrons. The van der Waals surface area contributed by atoms with Crippen molar-refractivity contribution < 1.29 is 14.6 Å². The van der Waals surface area contributed by atoms with Gasteiger partial charge in [-0.05, 0) is 24.3 Å². The summed E-state index contributed by atoms with van der Waals surface area (Å²) in [4.78, 5) is 11.9. The Morgan fingerprint density at radius 1 is 1.39 bits per heavy atom. The highest BCUT2D eigenvalue weighted by atomic mass is 16.5. The maximum absolute atomic E-state index is 11.9. The molecule has 18 heavy (non-hydrogen) atoms. The van der Waals surface area contributed by atoms with Crippen LogP contribution in [-0.4, -0.2) is 27.9 Å². The first-order chi connectivity index (χ1) is 8.60. The van der Waals surface area contributed by atoms with Crippen molar-refractivity contribution in [3.63, 3.8) is 0 Å². The number of aromatic hydroxyl groups is 1. The van der Waals surface area contributed by atoms with Gasteiger partial charge in [-0.25, -0.2) is 4.68 Å². The van der Waals surface area contributed by atoms with Crippen molar-refractivity contribution in [3.05, 3.63) is 35.9 Å². The van der Waals surface area contributed by atoms with Crippen molar-refractivity contribution in [2.45, 2.75) is 0 Å². The smallest absolute Gasteiger partial charge is 0.256 e. The molecule has 6 heteroatoms. The number of hydrogen-bond donors (Lipinski definition) is 2. The van der Waals surface area contributed by atoms with Crippen LogP contribution in [0.4, 0.5) is 5.82 Å². The van der Waals surface area contributed by atoms with Crippen molar-refractivity contribution in [2.24, 2.45) is 7.05 Å². The molecule has 0 saturated carbocycles. The van der Waals surface area contributed by atoms with Crippen LogP contribution in [-0.2, 0) is 7.05 Å². The molecule has 0 aliphatic heterocycles. The molecule has 0 spiro atoms. The van der Waals surface area contributed by atoms with E-state index in [0.717, 1.165) is 0 Å². The lowest BCUT2D eigenvalue weighted by Gasteiger charge is -2.01. The summed E-state index contributed by atoms with van der Waals surface area (Å²) in [6.45, 7) is 0. The number of carbonyl (C=O) groups is 1. The highest BCUT2D eigenvalue weighted by Gasteiger charge is 2.10. The fourth-order valence-electron chi connectivity index (χ4n) is 1.50. The summed E-state index contributed by atoms with van der Waals surface area (Å²) in [6.07, 6.45) is 0. The third kappa shape index (κ3) is 2.42. The lowest BCUT2D eigenvalue weighted by molar-refractivity contribution is 0.102. The first kappa shape index (κ1) is 12.0. The largest absolute Gasteiger partial charge is 0.508 e. The molecule has 1 aromatic carbocycles. The van der Waals surface area contributed by atoms with E-state index in [2.05, 4.69) is 10.4 Å². The van der Waals surface area contributed by atoms with Crippen LogP contribution in [0.2, 0.25) is 0 Å². The van der Waals surface area contributed by atoms with Crippen molar-refractivity contribution in [2.75, 3.05) is 12.4 Å². The molecule has 2 N–H and O–H groups in total. The van der Waals surface area contributed by atoms with Crippen molar-refractivity contribution in [1.82, 2.24) is 9.78 Å². The lowest BCUT2D eigenvalue weighted by Crippen LogP contribution is -2.12. The number of phenolic OH excluding ortho intramolecular Hbond substituents is 1. The van der Waals surface area contributed by atoms with Gasteiger partial charge in [0.05, 0.1) is 7.11 Å². The Morgan fingerprint density at radius 3 is 2.61 bits per heavy atom. The topological polar surface area (TPSA) is 76.4 Å². The van der Waals surface area contributed by atoms with E-state index in [1.54, 1.807) is 13.1 Å². The van der Waals surface area contributed by atoms with E-state index in [0.29, 0.717) is 17.3 Å². The summed E-state index contributed by atoms with van der Waals surface area (Å²) in [5.74, 6) is 0.783. The van der Waals surface area contributed by atoms with E-state index in [4.69, 9.17) is 9.84 Å². The van der Waals surface area contributed by atoms with Crippen LogP contribution in [0.1, 0.15) is 10.4 Å². The number of methoxy groups -OCH3 is 1. The number of anilines is 1. The second-order valence-corrected chi connectivity index (χ2v) is 3.70. The maximum Gasteiger partial charge on any atom is 0.256 e. The Labute approximate surface area is 104 Å². The molecule has 0 unspecified atom stereocenters. The second kappa shape index (κ2) is 4.79. The summed E-state index contributed by atoms with van der Waals surface area (Å²) >= 11 is 0. The summed E-state index contributed by atoms with van der Waals surface area (Å²) in [6, 6.07) is 7.59. The Morgan fingerprint density at radius 2 is 2.06 bits per heavy atom. The molecule has 0 aliphatic rings. The number of amides is 1. The molecule has 1 heterocycles. The molecular weight excluding hydrogens is 234 g/mol. The zero-order valence-corrected chi connectivity index (χ0v) is 10.0. The average Bonchev–Trinajstić information content (AvgIpc) is 2.70. The molecule has 1 amide bonds. The number of aryl methyl sites for hydroxylation is 1. The number of benzene rings is 1. The molecule has 0 fully saturated rings. The second-order valence-electron chi connectivity index (χ2n) is 3.70. The summed E-state index contributed by atoms with van der Waals surface area (Å²) in [5.41, 5.74) is 0.442. The van der Waals surface area contributed by atoms with Crippen molar-refractivity contribution in [1.29, 1.82) is 0 Å². The van der Waals surface area contributed by atoms with Gasteiger partial charge in [0.15, 0.2) is 5.82 Å². The number of rotatable bonds is 3. The van der Waals surface area contributed by atoms with Gasteiger partial charge in [-0.3, -0.25) is 4.79 Å². The van der Waals surface area contributed by atoms with Crippen molar-refractivity contribution in [3.8, 4) is 11.6 Å². The van der Waals surface area contributed by atoms with Crippen molar-refractivity contribution >= 4 is 11.7 Å². The summed E-state index contributed by atoms with van der Waals surface area (Å²) in [7, 11) is 3.25. The van der Waals surface area contributed by atoms with Gasteiger partial charge in [0, 0.05) is 18.7 Å². The standard InChI is InChI=1S/C12H13N3O3/c1-15-11(18-2)7-10(14-15)13-12(17)8-3-5-9(16)6-4-8/h3-7,16H,1-2H3,(H,13,14,17). The third-order valence-corrected chi connectivity index (χ3v) is 2.42. The van der Waals surface area contributed by atoms with E-state index in [-0.39, 0.29) is 11.7 Å². The van der Waals surface area contributed by atoms with Gasteiger partial charge in [-0.2, -0.15) is 5.10 Å². The first-order valence-corrected chi connectivity index (χ1v) is 5.28. The van der Waals surface area contributed by atoms with E-state index >= 15 is 0 Å². The molecular formula is C12H13N3O3. The van der Waals surface area contributed by atoms with E-state index in [9.17, 15) is 4.79 Å². The quantitative estimate of drug-likeness (QED) is 0.859. The Balaban J connectivity index is 2.13. The van der Waals surface area contributed by atoms with E-state index in [1.807, 2.05) is 0 Å². The minimum Gasteiger partial charge on any atom is -0.508 e. The molecule has 6 nitrogen and oxygen atoms in total. The molecule has 2 aromatic rings. The minimum absolute atomic E-state index is 0.117. The Hall–Kier alpha value is -2.50. The van der Waals surface area contributed by atoms with Gasteiger partial charge in [-0.1, -0.05) is 0 Å². The highest BCUT2D eigenvalue weighted by Crippen LogP contribution is 2.16. The van der Waals surface area contributed by atoms with Gasteiger partial charge in [0.2, 0.25) is 5.88 Å². The molecule has 1 aromatic heterocycles.